The van der Waals surface area contributed by atoms with E-state index in [9.17, 15) is 0 Å². The number of thioether (sulfide) groups is 1. The van der Waals surface area contributed by atoms with Gasteiger partial charge in [-0.15, -0.1) is 11.8 Å². The third-order valence-electron chi connectivity index (χ3n) is 3.57. The normalized spacial score (nSPS) is 12.6. The molecule has 2 heteroatoms. The van der Waals surface area contributed by atoms with Crippen molar-refractivity contribution in [3.63, 3.8) is 0 Å². The summed E-state index contributed by atoms with van der Waals surface area (Å²) in [6, 6.07) is 9.57. The summed E-state index contributed by atoms with van der Waals surface area (Å²) in [6.45, 7) is 5.51. The maximum atomic E-state index is 3.62. The lowest BCUT2D eigenvalue weighted by atomic mass is 10.00. The molecule has 0 aliphatic carbocycles. The standard InChI is InChI=1S/C17H29NS/c1-4-6-7-8-9-10-17(18-5-2)15-11-13-16(19-3)14-12-15/h11-14,17-18H,4-10H2,1-3H3. The molecule has 0 radical (unpaired) electrons. The molecule has 19 heavy (non-hydrogen) atoms. The van der Waals surface area contributed by atoms with Crippen LogP contribution in [-0.2, 0) is 0 Å². The molecule has 1 rings (SSSR count). The second-order valence-corrected chi connectivity index (χ2v) is 5.97. The van der Waals surface area contributed by atoms with Gasteiger partial charge in [-0.05, 0) is 36.9 Å². The molecule has 1 N–H and O–H groups in total. The second kappa shape index (κ2) is 10.3. The van der Waals surface area contributed by atoms with Crippen LogP contribution in [0.5, 0.6) is 0 Å². The highest BCUT2D eigenvalue weighted by atomic mass is 32.2. The van der Waals surface area contributed by atoms with Gasteiger partial charge in [-0.2, -0.15) is 0 Å². The van der Waals surface area contributed by atoms with Crippen LogP contribution in [0, 0.1) is 0 Å². The first-order chi connectivity index (χ1) is 9.31. The van der Waals surface area contributed by atoms with Crippen LogP contribution in [0.1, 0.15) is 64.0 Å². The van der Waals surface area contributed by atoms with Crippen LogP contribution < -0.4 is 5.32 Å². The van der Waals surface area contributed by atoms with Crippen LogP contribution in [0.4, 0.5) is 0 Å². The lowest BCUT2D eigenvalue weighted by Gasteiger charge is -2.18. The third-order valence-corrected chi connectivity index (χ3v) is 4.31. The zero-order chi connectivity index (χ0) is 13.9. The highest BCUT2D eigenvalue weighted by Crippen LogP contribution is 2.23. The summed E-state index contributed by atoms with van der Waals surface area (Å²) in [5, 5.41) is 3.62. The fourth-order valence-corrected chi connectivity index (χ4v) is 2.83. The molecule has 1 unspecified atom stereocenters. The number of nitrogens with one attached hydrogen (secondary N) is 1. The molecule has 108 valence electrons. The maximum absolute atomic E-state index is 3.62. The SMILES string of the molecule is CCCCCCCC(NCC)c1ccc(SC)cc1. The van der Waals surface area contributed by atoms with E-state index in [1.54, 1.807) is 0 Å². The Labute approximate surface area is 123 Å². The van der Waals surface area contributed by atoms with Gasteiger partial charge in [0.05, 0.1) is 0 Å². The third kappa shape index (κ3) is 6.49. The van der Waals surface area contributed by atoms with Crippen LogP contribution in [0.3, 0.4) is 0 Å². The van der Waals surface area contributed by atoms with E-state index in [2.05, 4.69) is 49.7 Å². The van der Waals surface area contributed by atoms with Crippen molar-refractivity contribution in [2.45, 2.75) is 63.3 Å². The van der Waals surface area contributed by atoms with Gasteiger partial charge in [0.25, 0.3) is 0 Å². The lowest BCUT2D eigenvalue weighted by molar-refractivity contribution is 0.478. The Hall–Kier alpha value is -0.470. The molecule has 1 atom stereocenters. The molecule has 0 saturated carbocycles. The van der Waals surface area contributed by atoms with Crippen molar-refractivity contribution in [3.05, 3.63) is 29.8 Å². The Morgan fingerprint density at radius 1 is 1.00 bits per heavy atom. The highest BCUT2D eigenvalue weighted by molar-refractivity contribution is 7.98. The van der Waals surface area contributed by atoms with Gasteiger partial charge in [0.15, 0.2) is 0 Å². The number of unbranched alkanes of at least 4 members (excludes halogenated alkanes) is 4. The zero-order valence-electron chi connectivity index (χ0n) is 12.7. The van der Waals surface area contributed by atoms with Crippen LogP contribution in [0.2, 0.25) is 0 Å². The molecule has 0 saturated heterocycles. The van der Waals surface area contributed by atoms with Gasteiger partial charge in [-0.3, -0.25) is 0 Å². The molecule has 1 nitrogen and oxygen atoms in total. The summed E-state index contributed by atoms with van der Waals surface area (Å²) < 4.78 is 0. The topological polar surface area (TPSA) is 12.0 Å². The van der Waals surface area contributed by atoms with E-state index in [1.165, 1.54) is 49.0 Å². The predicted molar refractivity (Wildman–Crippen MR) is 88.0 cm³/mol. The summed E-state index contributed by atoms with van der Waals surface area (Å²) in [5.41, 5.74) is 1.44. The number of benzene rings is 1. The molecule has 0 heterocycles. The lowest BCUT2D eigenvalue weighted by Crippen LogP contribution is -2.20. The van der Waals surface area contributed by atoms with Crippen LogP contribution in [0.25, 0.3) is 0 Å². The first kappa shape index (κ1) is 16.6. The fraction of sp³-hybridized carbons (Fsp3) is 0.647. The van der Waals surface area contributed by atoms with Gasteiger partial charge < -0.3 is 5.32 Å². The monoisotopic (exact) mass is 279 g/mol. The Balaban J connectivity index is 2.45. The Bertz CT molecular complexity index is 321. The molecule has 0 aromatic heterocycles. The fourth-order valence-electron chi connectivity index (χ4n) is 2.42. The van der Waals surface area contributed by atoms with E-state index in [1.807, 2.05) is 11.8 Å². The minimum Gasteiger partial charge on any atom is -0.310 e. The Kier molecular flexibility index (Phi) is 9.02. The van der Waals surface area contributed by atoms with Crippen molar-refractivity contribution in [2.24, 2.45) is 0 Å². The van der Waals surface area contributed by atoms with Crippen molar-refractivity contribution in [1.29, 1.82) is 0 Å². The first-order valence-corrected chi connectivity index (χ1v) is 8.91. The van der Waals surface area contributed by atoms with Gasteiger partial charge in [0.2, 0.25) is 0 Å². The summed E-state index contributed by atoms with van der Waals surface area (Å²) >= 11 is 1.81. The van der Waals surface area contributed by atoms with E-state index < -0.39 is 0 Å². The molecular formula is C17H29NS. The largest absolute Gasteiger partial charge is 0.310 e. The minimum atomic E-state index is 0.530. The van der Waals surface area contributed by atoms with Crippen LogP contribution in [0.15, 0.2) is 29.2 Å². The average molecular weight is 279 g/mol. The van der Waals surface area contributed by atoms with Crippen LogP contribution >= 0.6 is 11.8 Å². The maximum Gasteiger partial charge on any atom is 0.0320 e. The van der Waals surface area contributed by atoms with E-state index in [0.717, 1.165) is 6.54 Å². The number of hydrogen-bond acceptors (Lipinski definition) is 2. The molecule has 0 amide bonds. The Morgan fingerprint density at radius 3 is 2.26 bits per heavy atom. The van der Waals surface area contributed by atoms with Gasteiger partial charge in [-0.25, -0.2) is 0 Å². The van der Waals surface area contributed by atoms with E-state index in [4.69, 9.17) is 0 Å². The highest BCUT2D eigenvalue weighted by Gasteiger charge is 2.09. The molecule has 0 bridgehead atoms. The van der Waals surface area contributed by atoms with E-state index in [-0.39, 0.29) is 0 Å². The summed E-state index contributed by atoms with van der Waals surface area (Å²) in [6.07, 6.45) is 10.2. The predicted octanol–water partition coefficient (Wildman–Crippen LogP) is 5.42. The number of rotatable bonds is 10. The van der Waals surface area contributed by atoms with Gasteiger partial charge in [-0.1, -0.05) is 58.1 Å². The van der Waals surface area contributed by atoms with Crippen molar-refractivity contribution < 1.29 is 0 Å². The van der Waals surface area contributed by atoms with Crippen molar-refractivity contribution in [2.75, 3.05) is 12.8 Å². The zero-order valence-corrected chi connectivity index (χ0v) is 13.6. The minimum absolute atomic E-state index is 0.530. The summed E-state index contributed by atoms with van der Waals surface area (Å²) in [5.74, 6) is 0. The van der Waals surface area contributed by atoms with Gasteiger partial charge >= 0.3 is 0 Å². The summed E-state index contributed by atoms with van der Waals surface area (Å²) in [7, 11) is 0. The van der Waals surface area contributed by atoms with Crippen molar-refractivity contribution in [1.82, 2.24) is 5.32 Å². The average Bonchev–Trinajstić information content (AvgIpc) is 2.46. The quantitative estimate of drug-likeness (QED) is 0.453. The van der Waals surface area contributed by atoms with Crippen LogP contribution in [-0.4, -0.2) is 12.8 Å². The summed E-state index contributed by atoms with van der Waals surface area (Å²) in [4.78, 5) is 1.35. The molecule has 1 aromatic rings. The number of hydrogen-bond donors (Lipinski definition) is 1. The first-order valence-electron chi connectivity index (χ1n) is 7.69. The van der Waals surface area contributed by atoms with E-state index >= 15 is 0 Å². The second-order valence-electron chi connectivity index (χ2n) is 5.09. The molecule has 1 aromatic carbocycles. The van der Waals surface area contributed by atoms with Crippen molar-refractivity contribution in [3.8, 4) is 0 Å². The van der Waals surface area contributed by atoms with Gasteiger partial charge in [0.1, 0.15) is 0 Å². The molecule has 0 spiro atoms. The molecule has 0 aliphatic heterocycles. The van der Waals surface area contributed by atoms with Gasteiger partial charge in [0, 0.05) is 10.9 Å². The molecule has 0 aliphatic rings. The Morgan fingerprint density at radius 2 is 1.68 bits per heavy atom. The smallest absolute Gasteiger partial charge is 0.0320 e. The van der Waals surface area contributed by atoms with E-state index in [0.29, 0.717) is 6.04 Å². The molecule has 0 fully saturated rings. The molecular weight excluding hydrogens is 250 g/mol. The van der Waals surface area contributed by atoms with Crippen molar-refractivity contribution >= 4 is 11.8 Å².